The van der Waals surface area contributed by atoms with E-state index in [2.05, 4.69) is 0 Å². The van der Waals surface area contributed by atoms with Gasteiger partial charge in [-0.05, 0) is 43.3 Å². The van der Waals surface area contributed by atoms with E-state index in [0.717, 1.165) is 22.4 Å². The molecule has 0 aliphatic carbocycles. The fourth-order valence-electron chi connectivity index (χ4n) is 3.66. The molecule has 28 heavy (non-hydrogen) atoms. The van der Waals surface area contributed by atoms with Crippen LogP contribution in [0.15, 0.2) is 71.5 Å². The minimum absolute atomic E-state index is 0.0532. The van der Waals surface area contributed by atoms with E-state index in [-0.39, 0.29) is 5.43 Å². The van der Waals surface area contributed by atoms with Gasteiger partial charge in [-0.25, -0.2) is 4.98 Å². The molecule has 0 saturated heterocycles. The fourth-order valence-corrected chi connectivity index (χ4v) is 3.66. The maximum atomic E-state index is 13.4. The van der Waals surface area contributed by atoms with E-state index in [0.29, 0.717) is 35.5 Å². The van der Waals surface area contributed by atoms with Crippen molar-refractivity contribution in [3.05, 3.63) is 82.8 Å². The summed E-state index contributed by atoms with van der Waals surface area (Å²) in [6, 6.07) is 20.8. The number of ether oxygens (including phenoxy) is 2. The zero-order valence-corrected chi connectivity index (χ0v) is 15.4. The molecule has 5 aromatic rings. The number of rotatable bonds is 5. The van der Waals surface area contributed by atoms with Gasteiger partial charge in [-0.1, -0.05) is 30.3 Å². The number of hydrogen-bond acceptors (Lipinski definition) is 4. The molecule has 0 aliphatic rings. The Bertz CT molecular complexity index is 1340. The van der Waals surface area contributed by atoms with E-state index in [4.69, 9.17) is 14.5 Å². The Morgan fingerprint density at radius 3 is 2.57 bits per heavy atom. The van der Waals surface area contributed by atoms with Crippen molar-refractivity contribution in [2.24, 2.45) is 0 Å². The van der Waals surface area contributed by atoms with Gasteiger partial charge < -0.3 is 9.47 Å². The lowest BCUT2D eigenvalue weighted by molar-refractivity contribution is 0.128. The molecule has 0 unspecified atom stereocenters. The Morgan fingerprint density at radius 1 is 0.964 bits per heavy atom. The summed E-state index contributed by atoms with van der Waals surface area (Å²) in [7, 11) is 0. The quantitative estimate of drug-likeness (QED) is 0.418. The number of nitrogens with zero attached hydrogens (tertiary/aromatic N) is 2. The van der Waals surface area contributed by atoms with Crippen LogP contribution in [0, 0.1) is 0 Å². The first kappa shape index (κ1) is 16.7. The number of pyridine rings is 1. The average Bonchev–Trinajstić information content (AvgIpc) is 3.10. The number of para-hydroxylation sites is 2. The van der Waals surface area contributed by atoms with E-state index in [9.17, 15) is 4.79 Å². The second-order valence-electron chi connectivity index (χ2n) is 6.57. The second kappa shape index (κ2) is 6.62. The molecule has 5 nitrogen and oxygen atoms in total. The standard InChI is InChI=1S/C23H18N2O3/c1-2-27-14-20-24-17-12-13-19(28-15-8-4-3-5-9-15)21-22(17)25(20)18-11-7-6-10-16(18)23(21)26/h3-13H,2,14H2,1H3. The third-order valence-electron chi connectivity index (χ3n) is 4.87. The minimum Gasteiger partial charge on any atom is -0.457 e. The molecule has 5 heteroatoms. The molecule has 0 bridgehead atoms. The van der Waals surface area contributed by atoms with Crippen LogP contribution in [0.2, 0.25) is 0 Å². The lowest BCUT2D eigenvalue weighted by Gasteiger charge is -2.11. The topological polar surface area (TPSA) is 52.8 Å². The molecular formula is C23H18N2O3. The lowest BCUT2D eigenvalue weighted by Crippen LogP contribution is -2.09. The molecule has 0 spiro atoms. The molecule has 0 N–H and O–H groups in total. The predicted molar refractivity (Wildman–Crippen MR) is 110 cm³/mol. The van der Waals surface area contributed by atoms with Gasteiger partial charge in [0.1, 0.15) is 23.9 Å². The van der Waals surface area contributed by atoms with Crippen LogP contribution < -0.4 is 10.2 Å². The molecule has 0 fully saturated rings. The van der Waals surface area contributed by atoms with Gasteiger partial charge in [0.15, 0.2) is 0 Å². The molecule has 0 radical (unpaired) electrons. The third kappa shape index (κ3) is 2.52. The number of hydrogen-bond donors (Lipinski definition) is 0. The van der Waals surface area contributed by atoms with Crippen LogP contribution in [0.1, 0.15) is 12.7 Å². The van der Waals surface area contributed by atoms with Crippen molar-refractivity contribution in [2.45, 2.75) is 13.5 Å². The molecule has 0 amide bonds. The molecular weight excluding hydrogens is 352 g/mol. The molecule has 0 saturated carbocycles. The lowest BCUT2D eigenvalue weighted by atomic mass is 10.1. The van der Waals surface area contributed by atoms with Crippen molar-refractivity contribution in [3.8, 4) is 11.5 Å². The molecule has 5 rings (SSSR count). The van der Waals surface area contributed by atoms with E-state index in [1.165, 1.54) is 0 Å². The second-order valence-corrected chi connectivity index (χ2v) is 6.57. The molecule has 2 aromatic heterocycles. The van der Waals surface area contributed by atoms with Gasteiger partial charge in [0.2, 0.25) is 5.43 Å². The Balaban J connectivity index is 1.87. The SMILES string of the molecule is CCOCc1nc2ccc(Oc3ccccc3)c3c(=O)c4ccccc4n1c23. The van der Waals surface area contributed by atoms with E-state index >= 15 is 0 Å². The molecule has 0 atom stereocenters. The summed E-state index contributed by atoms with van der Waals surface area (Å²) < 4.78 is 13.7. The van der Waals surface area contributed by atoms with Gasteiger partial charge in [-0.3, -0.25) is 9.20 Å². The highest BCUT2D eigenvalue weighted by molar-refractivity contribution is 6.04. The smallest absolute Gasteiger partial charge is 0.201 e. The highest BCUT2D eigenvalue weighted by Crippen LogP contribution is 2.33. The highest BCUT2D eigenvalue weighted by atomic mass is 16.5. The first-order valence-electron chi connectivity index (χ1n) is 9.27. The van der Waals surface area contributed by atoms with Gasteiger partial charge in [-0.15, -0.1) is 0 Å². The fraction of sp³-hybridized carbons (Fsp3) is 0.130. The van der Waals surface area contributed by atoms with Crippen LogP contribution in [-0.2, 0) is 11.3 Å². The first-order valence-corrected chi connectivity index (χ1v) is 9.27. The van der Waals surface area contributed by atoms with Crippen molar-refractivity contribution >= 4 is 27.3 Å². The Labute approximate surface area is 161 Å². The summed E-state index contributed by atoms with van der Waals surface area (Å²) in [6.07, 6.45) is 0. The average molecular weight is 370 g/mol. The highest BCUT2D eigenvalue weighted by Gasteiger charge is 2.20. The molecule has 3 aromatic carbocycles. The van der Waals surface area contributed by atoms with Crippen LogP contribution in [0.5, 0.6) is 11.5 Å². The van der Waals surface area contributed by atoms with Crippen LogP contribution in [0.4, 0.5) is 0 Å². The Kier molecular flexibility index (Phi) is 3.95. The van der Waals surface area contributed by atoms with Gasteiger partial charge in [0.05, 0.1) is 21.9 Å². The van der Waals surface area contributed by atoms with Crippen LogP contribution >= 0.6 is 0 Å². The van der Waals surface area contributed by atoms with Crippen molar-refractivity contribution in [1.82, 2.24) is 9.38 Å². The van der Waals surface area contributed by atoms with Crippen LogP contribution in [0.3, 0.4) is 0 Å². The summed E-state index contributed by atoms with van der Waals surface area (Å²) in [4.78, 5) is 18.1. The van der Waals surface area contributed by atoms with Crippen LogP contribution in [-0.4, -0.2) is 16.0 Å². The normalized spacial score (nSPS) is 11.6. The third-order valence-corrected chi connectivity index (χ3v) is 4.87. The van der Waals surface area contributed by atoms with E-state index in [1.54, 1.807) is 0 Å². The Morgan fingerprint density at radius 2 is 1.75 bits per heavy atom. The molecule has 2 heterocycles. The van der Waals surface area contributed by atoms with Crippen molar-refractivity contribution < 1.29 is 9.47 Å². The number of benzene rings is 3. The summed E-state index contributed by atoms with van der Waals surface area (Å²) in [5, 5.41) is 1.17. The maximum absolute atomic E-state index is 13.4. The van der Waals surface area contributed by atoms with Crippen molar-refractivity contribution in [1.29, 1.82) is 0 Å². The van der Waals surface area contributed by atoms with Gasteiger partial charge in [-0.2, -0.15) is 0 Å². The number of fused-ring (bicyclic) bond motifs is 2. The number of aromatic nitrogens is 2. The summed E-state index contributed by atoms with van der Waals surface area (Å²) >= 11 is 0. The van der Waals surface area contributed by atoms with Crippen LogP contribution in [0.25, 0.3) is 27.3 Å². The Hall–Kier alpha value is -3.44. The zero-order chi connectivity index (χ0) is 19.1. The summed E-state index contributed by atoms with van der Waals surface area (Å²) in [6.45, 7) is 2.93. The number of imidazole rings is 1. The minimum atomic E-state index is -0.0532. The summed E-state index contributed by atoms with van der Waals surface area (Å²) in [5.41, 5.74) is 2.30. The maximum Gasteiger partial charge on any atom is 0.201 e. The van der Waals surface area contributed by atoms with E-state index in [1.807, 2.05) is 78.1 Å². The molecule has 0 aliphatic heterocycles. The summed E-state index contributed by atoms with van der Waals surface area (Å²) in [5.74, 6) is 1.99. The molecule has 138 valence electrons. The first-order chi connectivity index (χ1) is 13.8. The predicted octanol–water partition coefficient (Wildman–Crippen LogP) is 4.77. The van der Waals surface area contributed by atoms with Crippen molar-refractivity contribution in [2.75, 3.05) is 6.61 Å². The van der Waals surface area contributed by atoms with Gasteiger partial charge in [0, 0.05) is 12.0 Å². The largest absolute Gasteiger partial charge is 0.457 e. The monoisotopic (exact) mass is 370 g/mol. The zero-order valence-electron chi connectivity index (χ0n) is 15.4. The van der Waals surface area contributed by atoms with Gasteiger partial charge >= 0.3 is 0 Å². The van der Waals surface area contributed by atoms with E-state index < -0.39 is 0 Å². The van der Waals surface area contributed by atoms with Crippen molar-refractivity contribution in [3.63, 3.8) is 0 Å². The van der Waals surface area contributed by atoms with Gasteiger partial charge in [0.25, 0.3) is 0 Å².